The Labute approximate surface area is 150 Å². The Morgan fingerprint density at radius 1 is 0.538 bits per heavy atom. The third-order valence-corrected chi connectivity index (χ3v) is 5.83. The van der Waals surface area contributed by atoms with Crippen molar-refractivity contribution in [3.63, 3.8) is 0 Å². The molecule has 0 saturated carbocycles. The summed E-state index contributed by atoms with van der Waals surface area (Å²) in [6.45, 7) is 0. The van der Waals surface area contributed by atoms with Crippen molar-refractivity contribution in [1.29, 1.82) is 0 Å². The first-order valence-corrected chi connectivity index (χ1v) is 8.99. The molecule has 1 radical (unpaired) electrons. The topological polar surface area (TPSA) is 10.8 Å². The molecule has 0 amide bonds. The van der Waals surface area contributed by atoms with Crippen molar-refractivity contribution in [2.24, 2.45) is 0 Å². The number of hydrogen-bond acceptors (Lipinski definition) is 1. The quantitative estimate of drug-likeness (QED) is 0.288. The standard InChI is InChI=1S/C24H14N2/c1-3-13-21-15(7-1)17-9-5-11-19-20-12-6-10-18-16-8-2-4-14-22(16)26(24(18)20)25(21)23(17)19/h1-14H/q+1. The largest absolute Gasteiger partial charge is 0.232 e. The molecule has 1 aromatic heterocycles. The van der Waals surface area contributed by atoms with E-state index in [4.69, 9.17) is 0 Å². The Balaban J connectivity index is 1.80. The number of rotatable bonds is 0. The molecule has 7 rings (SSSR count). The lowest BCUT2D eigenvalue weighted by Crippen LogP contribution is -2.26. The van der Waals surface area contributed by atoms with Crippen LogP contribution in [0.25, 0.3) is 44.1 Å². The van der Waals surface area contributed by atoms with Crippen LogP contribution in [0.15, 0.2) is 84.9 Å². The number of nitrogens with zero attached hydrogens (tertiary/aromatic N) is 2. The highest BCUT2D eigenvalue weighted by molar-refractivity contribution is 6.16. The van der Waals surface area contributed by atoms with Gasteiger partial charge in [0, 0.05) is 27.4 Å². The maximum absolute atomic E-state index is 2.41. The zero-order valence-electron chi connectivity index (χ0n) is 14.0. The maximum atomic E-state index is 2.41. The summed E-state index contributed by atoms with van der Waals surface area (Å²) in [5, 5.41) is 5.04. The monoisotopic (exact) mass is 330 g/mol. The second kappa shape index (κ2) is 4.24. The number of aromatic nitrogens is 1. The lowest BCUT2D eigenvalue weighted by atomic mass is 9.96. The Bertz CT molecular complexity index is 1390. The summed E-state index contributed by atoms with van der Waals surface area (Å²) in [5.74, 6) is 0. The van der Waals surface area contributed by atoms with Gasteiger partial charge in [0.15, 0.2) is 0 Å². The average molecular weight is 330 g/mol. The van der Waals surface area contributed by atoms with Gasteiger partial charge in [-0.15, -0.1) is 4.68 Å². The van der Waals surface area contributed by atoms with Gasteiger partial charge in [-0.2, -0.15) is 0 Å². The van der Waals surface area contributed by atoms with Crippen LogP contribution in [-0.2, 0) is 0 Å². The maximum Gasteiger partial charge on any atom is 0.232 e. The first-order valence-electron chi connectivity index (χ1n) is 8.99. The van der Waals surface area contributed by atoms with Gasteiger partial charge in [-0.05, 0) is 24.3 Å². The van der Waals surface area contributed by atoms with E-state index in [2.05, 4.69) is 94.6 Å². The van der Waals surface area contributed by atoms with Crippen LogP contribution < -0.4 is 5.01 Å². The van der Waals surface area contributed by atoms with Crippen LogP contribution >= 0.6 is 0 Å². The van der Waals surface area contributed by atoms with Crippen LogP contribution in [0, 0.1) is 0 Å². The number of para-hydroxylation sites is 4. The van der Waals surface area contributed by atoms with Crippen molar-refractivity contribution >= 4 is 33.2 Å². The Morgan fingerprint density at radius 3 is 2.15 bits per heavy atom. The van der Waals surface area contributed by atoms with Gasteiger partial charge < -0.3 is 0 Å². The predicted molar refractivity (Wildman–Crippen MR) is 107 cm³/mol. The minimum atomic E-state index is 1.26. The van der Waals surface area contributed by atoms with Gasteiger partial charge in [-0.3, -0.25) is 0 Å². The van der Waals surface area contributed by atoms with E-state index in [0.717, 1.165) is 0 Å². The summed E-state index contributed by atoms with van der Waals surface area (Å²) in [6, 6.07) is 30.8. The molecular formula is C24H14N2+. The molecule has 119 valence electrons. The summed E-state index contributed by atoms with van der Waals surface area (Å²) in [5.41, 5.74) is 10.4. The zero-order chi connectivity index (χ0) is 16.8. The number of hydrogen-bond donors (Lipinski definition) is 0. The zero-order valence-corrected chi connectivity index (χ0v) is 14.0. The van der Waals surface area contributed by atoms with E-state index in [9.17, 15) is 0 Å². The van der Waals surface area contributed by atoms with Crippen LogP contribution in [0.4, 0.5) is 11.4 Å². The molecule has 5 aromatic rings. The number of fused-ring (bicyclic) bond motifs is 8. The molecule has 2 aliphatic heterocycles. The van der Waals surface area contributed by atoms with E-state index in [-0.39, 0.29) is 0 Å². The summed E-state index contributed by atoms with van der Waals surface area (Å²) in [6.07, 6.45) is 0. The molecule has 3 heterocycles. The summed E-state index contributed by atoms with van der Waals surface area (Å²) in [7, 11) is 0. The van der Waals surface area contributed by atoms with Gasteiger partial charge in [0.1, 0.15) is 11.0 Å². The molecular weight excluding hydrogens is 316 g/mol. The van der Waals surface area contributed by atoms with E-state index < -0.39 is 0 Å². The van der Waals surface area contributed by atoms with Gasteiger partial charge in [-0.25, -0.2) is 0 Å². The highest BCUT2D eigenvalue weighted by Gasteiger charge is 2.46. The van der Waals surface area contributed by atoms with E-state index in [1.165, 1.54) is 55.4 Å². The molecule has 0 N–H and O–H groups in total. The van der Waals surface area contributed by atoms with Crippen molar-refractivity contribution in [3.05, 3.63) is 84.9 Å². The first kappa shape index (κ1) is 12.9. The van der Waals surface area contributed by atoms with Crippen LogP contribution in [0.3, 0.4) is 0 Å². The molecule has 26 heavy (non-hydrogen) atoms. The Hall–Kier alpha value is -3.36. The molecule has 0 saturated heterocycles. The lowest BCUT2D eigenvalue weighted by molar-refractivity contribution is 0.617. The van der Waals surface area contributed by atoms with Crippen molar-refractivity contribution in [2.45, 2.75) is 0 Å². The van der Waals surface area contributed by atoms with E-state index >= 15 is 0 Å². The Kier molecular flexibility index (Phi) is 2.11. The lowest BCUT2D eigenvalue weighted by Gasteiger charge is -2.19. The fourth-order valence-corrected chi connectivity index (χ4v) is 4.84. The molecule has 2 heteroatoms. The van der Waals surface area contributed by atoms with E-state index in [1.807, 2.05) is 0 Å². The van der Waals surface area contributed by atoms with E-state index in [0.29, 0.717) is 0 Å². The molecule has 4 aromatic carbocycles. The van der Waals surface area contributed by atoms with Crippen LogP contribution in [0.2, 0.25) is 0 Å². The van der Waals surface area contributed by atoms with Crippen LogP contribution in [0.5, 0.6) is 0 Å². The number of anilines is 2. The van der Waals surface area contributed by atoms with Gasteiger partial charge >= 0.3 is 0 Å². The molecule has 0 unspecified atom stereocenters. The van der Waals surface area contributed by atoms with Crippen molar-refractivity contribution in [2.75, 3.05) is 0 Å². The third kappa shape index (κ3) is 1.29. The van der Waals surface area contributed by atoms with Gasteiger partial charge in [-0.1, -0.05) is 54.6 Å². The fraction of sp³-hybridized carbons (Fsp3) is 0. The molecule has 0 aliphatic carbocycles. The first-order chi connectivity index (χ1) is 12.9. The predicted octanol–water partition coefficient (Wildman–Crippen LogP) is 6.32. The smallest absolute Gasteiger partial charge is 0.129 e. The Morgan fingerprint density at radius 2 is 1.19 bits per heavy atom. The van der Waals surface area contributed by atoms with Crippen molar-refractivity contribution in [1.82, 2.24) is 9.69 Å². The molecule has 0 atom stereocenters. The van der Waals surface area contributed by atoms with Crippen LogP contribution in [-0.4, -0.2) is 4.68 Å². The second-order valence-electron chi connectivity index (χ2n) is 7.06. The summed E-state index contributed by atoms with van der Waals surface area (Å²) >= 11 is 0. The molecule has 0 fully saturated rings. The highest BCUT2D eigenvalue weighted by atomic mass is 15.6. The van der Waals surface area contributed by atoms with Crippen molar-refractivity contribution in [3.8, 4) is 22.3 Å². The SMILES string of the molecule is c1ccc2c(c1)-c1cccc3c1[N+]2n1c2ccccc2c2cccc-3c21. The van der Waals surface area contributed by atoms with Gasteiger partial charge in [0.25, 0.3) is 0 Å². The minimum absolute atomic E-state index is 1.26. The van der Waals surface area contributed by atoms with E-state index in [1.54, 1.807) is 0 Å². The van der Waals surface area contributed by atoms with Gasteiger partial charge in [0.05, 0.1) is 16.7 Å². The third-order valence-electron chi connectivity index (χ3n) is 5.83. The van der Waals surface area contributed by atoms with Crippen molar-refractivity contribution < 1.29 is 0 Å². The van der Waals surface area contributed by atoms with Crippen LogP contribution in [0.1, 0.15) is 0 Å². The second-order valence-corrected chi connectivity index (χ2v) is 7.06. The highest BCUT2D eigenvalue weighted by Crippen LogP contribution is 2.56. The summed E-state index contributed by atoms with van der Waals surface area (Å²) < 4.78 is 2.41. The number of benzene rings is 4. The minimum Gasteiger partial charge on any atom is -0.129 e. The average Bonchev–Trinajstić information content (AvgIpc) is 3.21. The van der Waals surface area contributed by atoms with Gasteiger partial charge in [0.2, 0.25) is 11.4 Å². The molecule has 0 bridgehead atoms. The normalized spacial score (nSPS) is 14.0. The fourth-order valence-electron chi connectivity index (χ4n) is 4.84. The summed E-state index contributed by atoms with van der Waals surface area (Å²) in [4.78, 5) is 0. The molecule has 2 aliphatic rings. The molecule has 0 spiro atoms. The molecule has 2 nitrogen and oxygen atoms in total.